The van der Waals surface area contributed by atoms with Gasteiger partial charge in [-0.15, -0.1) is 0 Å². The minimum Gasteiger partial charge on any atom is -0.726 e. The predicted molar refractivity (Wildman–Crippen MR) is 69.1 cm³/mol. The zero-order chi connectivity index (χ0) is 13.7. The molecule has 0 atom stereocenters. The third kappa shape index (κ3) is 21.9. The standard InChI is InChI=1S/C8H16O.C4H10O4S.K/c1-2-4-6-8-9-7-5-3-1;1-2-3-4-8-9(5,6)7;/h1-8H2;2-4H2,1H3,(H,5,6,7);/q;;+1/p-1. The van der Waals surface area contributed by atoms with Crippen LogP contribution in [0.3, 0.4) is 0 Å². The van der Waals surface area contributed by atoms with Crippen LogP contribution >= 0.6 is 0 Å². The molecule has 0 amide bonds. The van der Waals surface area contributed by atoms with Crippen molar-refractivity contribution in [2.75, 3.05) is 19.8 Å². The summed E-state index contributed by atoms with van der Waals surface area (Å²) < 4.78 is 38.4. The Kier molecular flexibility index (Phi) is 19.0. The van der Waals surface area contributed by atoms with E-state index in [0.717, 1.165) is 19.6 Å². The first-order chi connectivity index (χ1) is 8.56. The molecule has 110 valence electrons. The first-order valence-corrected chi connectivity index (χ1v) is 8.07. The number of hydrogen-bond donors (Lipinski definition) is 0. The van der Waals surface area contributed by atoms with Gasteiger partial charge in [-0.25, -0.2) is 8.42 Å². The summed E-state index contributed by atoms with van der Waals surface area (Å²) in [4.78, 5) is 0. The Labute approximate surface area is 160 Å². The summed E-state index contributed by atoms with van der Waals surface area (Å²) in [7, 11) is -4.45. The van der Waals surface area contributed by atoms with Crippen molar-refractivity contribution in [3.63, 3.8) is 0 Å². The fraction of sp³-hybridized carbons (Fsp3) is 1.00. The topological polar surface area (TPSA) is 75.7 Å². The Balaban J connectivity index is 0. The van der Waals surface area contributed by atoms with E-state index in [1.54, 1.807) is 0 Å². The Morgan fingerprint density at radius 1 is 1.05 bits per heavy atom. The van der Waals surface area contributed by atoms with Crippen molar-refractivity contribution in [1.82, 2.24) is 0 Å². The molecule has 1 heterocycles. The zero-order valence-electron chi connectivity index (χ0n) is 12.2. The molecule has 0 aromatic rings. The summed E-state index contributed by atoms with van der Waals surface area (Å²) in [6, 6.07) is 0. The molecule has 19 heavy (non-hydrogen) atoms. The van der Waals surface area contributed by atoms with Crippen LogP contribution < -0.4 is 51.4 Å². The largest absolute Gasteiger partial charge is 1.00 e. The van der Waals surface area contributed by atoms with Crippen LogP contribution in [0.5, 0.6) is 0 Å². The van der Waals surface area contributed by atoms with E-state index in [1.807, 2.05) is 6.92 Å². The Morgan fingerprint density at radius 3 is 1.95 bits per heavy atom. The molecule has 0 unspecified atom stereocenters. The van der Waals surface area contributed by atoms with Gasteiger partial charge < -0.3 is 9.29 Å². The molecule has 1 fully saturated rings. The number of unbranched alkanes of at least 4 members (excludes halogenated alkanes) is 1. The third-order valence-corrected chi connectivity index (χ3v) is 3.01. The SMILES string of the molecule is C1CCCCOCCC1.CCCCOS(=O)(=O)[O-].[K+]. The fourth-order valence-corrected chi connectivity index (χ4v) is 1.84. The third-order valence-electron chi connectivity index (χ3n) is 2.55. The molecule has 0 spiro atoms. The molecule has 5 nitrogen and oxygen atoms in total. The number of hydrogen-bond acceptors (Lipinski definition) is 5. The zero-order valence-corrected chi connectivity index (χ0v) is 16.2. The molecule has 0 radical (unpaired) electrons. The number of rotatable bonds is 4. The van der Waals surface area contributed by atoms with Gasteiger partial charge in [0.1, 0.15) is 0 Å². The second-order valence-electron chi connectivity index (χ2n) is 4.32. The molecule has 1 aliphatic rings. The van der Waals surface area contributed by atoms with E-state index in [-0.39, 0.29) is 58.0 Å². The Morgan fingerprint density at radius 2 is 1.53 bits per heavy atom. The van der Waals surface area contributed by atoms with Gasteiger partial charge in [0.05, 0.1) is 6.61 Å². The van der Waals surface area contributed by atoms with Crippen molar-refractivity contribution in [2.45, 2.75) is 58.3 Å². The molecule has 0 bridgehead atoms. The van der Waals surface area contributed by atoms with E-state index < -0.39 is 10.4 Å². The molecule has 0 aliphatic carbocycles. The van der Waals surface area contributed by atoms with Gasteiger partial charge in [0.2, 0.25) is 10.4 Å². The molecule has 0 N–H and O–H groups in total. The quantitative estimate of drug-likeness (QED) is 0.306. The van der Waals surface area contributed by atoms with Crippen molar-refractivity contribution < 1.29 is 73.3 Å². The van der Waals surface area contributed by atoms with Gasteiger partial charge in [0.25, 0.3) is 0 Å². The Bertz CT molecular complexity index is 241. The molecule has 1 rings (SSSR count). The molecule has 7 heteroatoms. The maximum absolute atomic E-state index is 9.73. The van der Waals surface area contributed by atoms with Gasteiger partial charge in [0.15, 0.2) is 0 Å². The van der Waals surface area contributed by atoms with Crippen LogP contribution in [0.15, 0.2) is 0 Å². The van der Waals surface area contributed by atoms with Crippen LogP contribution in [-0.2, 0) is 19.3 Å². The maximum atomic E-state index is 9.73. The van der Waals surface area contributed by atoms with Crippen LogP contribution in [0.1, 0.15) is 58.3 Å². The molecule has 1 saturated heterocycles. The van der Waals surface area contributed by atoms with E-state index >= 15 is 0 Å². The smallest absolute Gasteiger partial charge is 0.726 e. The second-order valence-corrected chi connectivity index (χ2v) is 5.37. The average molecular weight is 320 g/mol. The maximum Gasteiger partial charge on any atom is 1.00 e. The van der Waals surface area contributed by atoms with Crippen molar-refractivity contribution in [1.29, 1.82) is 0 Å². The van der Waals surface area contributed by atoms with E-state index in [4.69, 9.17) is 4.74 Å². The van der Waals surface area contributed by atoms with Crippen molar-refractivity contribution in [2.24, 2.45) is 0 Å². The van der Waals surface area contributed by atoms with Crippen molar-refractivity contribution in [3.05, 3.63) is 0 Å². The summed E-state index contributed by atoms with van der Waals surface area (Å²) >= 11 is 0. The normalized spacial score (nSPS) is 16.9. The summed E-state index contributed by atoms with van der Waals surface area (Å²) in [6.45, 7) is 3.88. The van der Waals surface area contributed by atoms with Gasteiger partial charge in [-0.3, -0.25) is 4.18 Å². The summed E-state index contributed by atoms with van der Waals surface area (Å²) in [5.41, 5.74) is 0. The molecule has 0 saturated carbocycles. The minimum atomic E-state index is -4.45. The fourth-order valence-electron chi connectivity index (χ4n) is 1.52. The summed E-state index contributed by atoms with van der Waals surface area (Å²) in [5, 5.41) is 0. The molecular weight excluding hydrogens is 295 g/mol. The van der Waals surface area contributed by atoms with Crippen molar-refractivity contribution in [3.8, 4) is 0 Å². The van der Waals surface area contributed by atoms with Gasteiger partial charge in [-0.2, -0.15) is 0 Å². The number of ether oxygens (including phenoxy) is 1. The van der Waals surface area contributed by atoms with Crippen molar-refractivity contribution >= 4 is 10.4 Å². The van der Waals surface area contributed by atoms with Crippen LogP contribution in [0.2, 0.25) is 0 Å². The van der Waals surface area contributed by atoms with Crippen LogP contribution in [0.25, 0.3) is 0 Å². The first kappa shape index (κ1) is 22.7. The minimum absolute atomic E-state index is 0. The predicted octanol–water partition coefficient (Wildman–Crippen LogP) is -0.375. The van der Waals surface area contributed by atoms with Crippen LogP contribution in [0, 0.1) is 0 Å². The van der Waals surface area contributed by atoms with E-state index in [0.29, 0.717) is 6.42 Å². The van der Waals surface area contributed by atoms with E-state index in [2.05, 4.69) is 4.18 Å². The van der Waals surface area contributed by atoms with E-state index in [9.17, 15) is 13.0 Å². The summed E-state index contributed by atoms with van der Waals surface area (Å²) in [5.74, 6) is 0. The van der Waals surface area contributed by atoms with Crippen LogP contribution in [-0.4, -0.2) is 32.8 Å². The molecular formula is C12H25KO5S. The van der Waals surface area contributed by atoms with Gasteiger partial charge in [-0.1, -0.05) is 39.0 Å². The molecule has 0 aromatic carbocycles. The van der Waals surface area contributed by atoms with Crippen LogP contribution in [0.4, 0.5) is 0 Å². The summed E-state index contributed by atoms with van der Waals surface area (Å²) in [6.07, 6.45) is 9.56. The van der Waals surface area contributed by atoms with E-state index in [1.165, 1.54) is 38.5 Å². The van der Waals surface area contributed by atoms with Gasteiger partial charge in [0, 0.05) is 13.2 Å². The average Bonchev–Trinajstić information content (AvgIpc) is 2.43. The van der Waals surface area contributed by atoms with Gasteiger partial charge in [-0.05, 0) is 19.3 Å². The molecule has 1 aliphatic heterocycles. The van der Waals surface area contributed by atoms with Gasteiger partial charge >= 0.3 is 51.4 Å². The second kappa shape index (κ2) is 15.8. The Hall–Kier alpha value is 1.47. The first-order valence-electron chi connectivity index (χ1n) is 6.74. The monoisotopic (exact) mass is 320 g/mol. The molecule has 0 aromatic heterocycles.